The molecule has 0 fully saturated rings. The smallest absolute Gasteiger partial charge is 0.326 e. The maximum atomic E-state index is 13.0. The van der Waals surface area contributed by atoms with Crippen molar-refractivity contribution < 1.29 is 29.4 Å². The number of hydrogen-bond donors (Lipinski definition) is 8. The maximum Gasteiger partial charge on any atom is 0.326 e. The summed E-state index contributed by atoms with van der Waals surface area (Å²) in [6, 6.07) is 1.79. The van der Waals surface area contributed by atoms with E-state index >= 15 is 0 Å². The highest BCUT2D eigenvalue weighted by Gasteiger charge is 2.31. The number of nitrogens with one attached hydrogen (secondary N) is 3. The molecule has 13 nitrogen and oxygen atoms in total. The van der Waals surface area contributed by atoms with Gasteiger partial charge in [-0.15, -0.1) is 0 Å². The Bertz CT molecular complexity index is 949. The van der Waals surface area contributed by atoms with E-state index in [0.717, 1.165) is 0 Å². The molecule has 5 atom stereocenters. The van der Waals surface area contributed by atoms with E-state index < -0.39 is 47.9 Å². The normalized spacial score (nSPS) is 14.8. The van der Waals surface area contributed by atoms with Crippen molar-refractivity contribution in [2.24, 2.45) is 28.1 Å². The zero-order valence-corrected chi connectivity index (χ0v) is 21.4. The number of aliphatic imine (C=N–C) groups is 1. The summed E-state index contributed by atoms with van der Waals surface area (Å²) < 4.78 is 0. The Balaban J connectivity index is 2.78. The predicted octanol–water partition coefficient (Wildman–Crippen LogP) is -1.08. The topological polar surface area (TPSA) is 235 Å². The first kappa shape index (κ1) is 31.2. The lowest BCUT2D eigenvalue weighted by atomic mass is 9.97. The first-order valence-corrected chi connectivity index (χ1v) is 12.1. The van der Waals surface area contributed by atoms with Crippen molar-refractivity contribution in [1.29, 1.82) is 0 Å². The standard InChI is InChI=1S/C24H39N7O6/c1-4-13(2)19(22(35)30-18(23(36)37)12-15-7-9-16(32)10-8-15)31-20(33)14(3)29-21(34)17(25)6-5-11-28-24(26)27/h7-10,13-14,17-19,32H,4-6,11-12,25H2,1-3H3,(H,29,34)(H,30,35)(H,31,33)(H,36,37)(H4,26,27,28). The number of amides is 3. The third-order valence-electron chi connectivity index (χ3n) is 5.84. The number of carboxylic acid groups (broad SMARTS) is 1. The van der Waals surface area contributed by atoms with E-state index in [0.29, 0.717) is 31.4 Å². The summed E-state index contributed by atoms with van der Waals surface area (Å²) in [7, 11) is 0. The molecule has 3 amide bonds. The number of guanidine groups is 1. The number of phenols is 1. The SMILES string of the molecule is CCC(C)C(NC(=O)C(C)NC(=O)C(N)CCCN=C(N)N)C(=O)NC(Cc1ccc(O)cc1)C(=O)O. The summed E-state index contributed by atoms with van der Waals surface area (Å²) in [6.07, 6.45) is 1.27. The van der Waals surface area contributed by atoms with Crippen LogP contribution < -0.4 is 33.2 Å². The quantitative estimate of drug-likeness (QED) is 0.0794. The van der Waals surface area contributed by atoms with Crippen molar-refractivity contribution in [3.8, 4) is 5.75 Å². The number of carbonyl (C=O) groups excluding carboxylic acids is 3. The number of benzene rings is 1. The minimum atomic E-state index is -1.26. The summed E-state index contributed by atoms with van der Waals surface area (Å²) in [6.45, 7) is 5.34. The van der Waals surface area contributed by atoms with Crippen LogP contribution in [0.15, 0.2) is 29.3 Å². The number of hydrogen-bond acceptors (Lipinski definition) is 7. The van der Waals surface area contributed by atoms with Crippen molar-refractivity contribution in [1.82, 2.24) is 16.0 Å². The largest absolute Gasteiger partial charge is 0.508 e. The number of aliphatic carboxylic acids is 1. The number of phenolic OH excluding ortho intramolecular Hbond substituents is 1. The Morgan fingerprint density at radius 2 is 1.59 bits per heavy atom. The summed E-state index contributed by atoms with van der Waals surface area (Å²) in [5.41, 5.74) is 17.0. The maximum absolute atomic E-state index is 13.0. The van der Waals surface area contributed by atoms with Gasteiger partial charge < -0.3 is 43.4 Å². The fourth-order valence-corrected chi connectivity index (χ4v) is 3.35. The second kappa shape index (κ2) is 15.3. The van der Waals surface area contributed by atoms with Crippen LogP contribution in [0.1, 0.15) is 45.6 Å². The molecule has 0 saturated carbocycles. The van der Waals surface area contributed by atoms with Gasteiger partial charge in [0, 0.05) is 13.0 Å². The van der Waals surface area contributed by atoms with Gasteiger partial charge in [0.05, 0.1) is 6.04 Å². The molecule has 0 aliphatic carbocycles. The number of nitrogens with two attached hydrogens (primary N) is 3. The van der Waals surface area contributed by atoms with E-state index in [9.17, 15) is 29.4 Å². The van der Waals surface area contributed by atoms with E-state index in [1.165, 1.54) is 19.1 Å². The summed E-state index contributed by atoms with van der Waals surface area (Å²) in [5, 5.41) is 26.6. The Morgan fingerprint density at radius 1 is 0.973 bits per heavy atom. The van der Waals surface area contributed by atoms with E-state index in [4.69, 9.17) is 17.2 Å². The van der Waals surface area contributed by atoms with Crippen LogP contribution in [0.5, 0.6) is 5.75 Å². The van der Waals surface area contributed by atoms with Gasteiger partial charge in [-0.1, -0.05) is 32.4 Å². The van der Waals surface area contributed by atoms with Crippen LogP contribution in [0.25, 0.3) is 0 Å². The van der Waals surface area contributed by atoms with Crippen molar-refractivity contribution >= 4 is 29.7 Å². The highest BCUT2D eigenvalue weighted by atomic mass is 16.4. The number of carboxylic acids is 1. The van der Waals surface area contributed by atoms with Crippen molar-refractivity contribution in [2.45, 2.75) is 70.6 Å². The third-order valence-corrected chi connectivity index (χ3v) is 5.84. The summed E-state index contributed by atoms with van der Waals surface area (Å²) in [4.78, 5) is 53.7. The lowest BCUT2D eigenvalue weighted by Gasteiger charge is -2.27. The molecule has 0 radical (unpaired) electrons. The fraction of sp³-hybridized carbons (Fsp3) is 0.542. The van der Waals surface area contributed by atoms with Crippen LogP contribution in [0, 0.1) is 5.92 Å². The second-order valence-electron chi connectivity index (χ2n) is 8.93. The molecule has 0 heterocycles. The van der Waals surface area contributed by atoms with Crippen LogP contribution in [-0.4, -0.2) is 70.6 Å². The summed E-state index contributed by atoms with van der Waals surface area (Å²) >= 11 is 0. The van der Waals surface area contributed by atoms with Crippen LogP contribution in [-0.2, 0) is 25.6 Å². The number of nitrogens with zero attached hydrogens (tertiary/aromatic N) is 1. The zero-order valence-electron chi connectivity index (χ0n) is 21.4. The van der Waals surface area contributed by atoms with Crippen LogP contribution >= 0.6 is 0 Å². The molecule has 1 aromatic rings. The lowest BCUT2D eigenvalue weighted by Crippen LogP contribution is -2.58. The van der Waals surface area contributed by atoms with Crippen molar-refractivity contribution in [3.05, 3.63) is 29.8 Å². The molecular formula is C24H39N7O6. The predicted molar refractivity (Wildman–Crippen MR) is 138 cm³/mol. The zero-order chi connectivity index (χ0) is 28.1. The lowest BCUT2D eigenvalue weighted by molar-refractivity contribution is -0.142. The number of aromatic hydroxyl groups is 1. The average Bonchev–Trinajstić information content (AvgIpc) is 2.84. The van der Waals surface area contributed by atoms with Gasteiger partial charge in [0.1, 0.15) is 23.9 Å². The van der Waals surface area contributed by atoms with Gasteiger partial charge in [-0.25, -0.2) is 4.79 Å². The first-order valence-electron chi connectivity index (χ1n) is 12.1. The minimum absolute atomic E-state index is 0.0178. The highest BCUT2D eigenvalue weighted by molar-refractivity contribution is 5.94. The molecule has 0 aliphatic heterocycles. The van der Waals surface area contributed by atoms with Gasteiger partial charge in [-0.05, 0) is 43.4 Å². The first-order chi connectivity index (χ1) is 17.3. The molecule has 0 saturated heterocycles. The number of carbonyl (C=O) groups is 4. The molecule has 37 heavy (non-hydrogen) atoms. The molecule has 11 N–H and O–H groups in total. The van der Waals surface area contributed by atoms with Crippen LogP contribution in [0.4, 0.5) is 0 Å². The summed E-state index contributed by atoms with van der Waals surface area (Å²) in [5.74, 6) is -3.42. The van der Waals surface area contributed by atoms with Gasteiger partial charge in [0.2, 0.25) is 17.7 Å². The van der Waals surface area contributed by atoms with Crippen molar-refractivity contribution in [3.63, 3.8) is 0 Å². The Kier molecular flexibility index (Phi) is 12.9. The molecule has 13 heteroatoms. The van der Waals surface area contributed by atoms with Crippen LogP contribution in [0.2, 0.25) is 0 Å². The average molecular weight is 522 g/mol. The van der Waals surface area contributed by atoms with E-state index in [-0.39, 0.29) is 24.0 Å². The minimum Gasteiger partial charge on any atom is -0.508 e. The molecular weight excluding hydrogens is 482 g/mol. The molecule has 206 valence electrons. The second-order valence-corrected chi connectivity index (χ2v) is 8.93. The Morgan fingerprint density at radius 3 is 2.14 bits per heavy atom. The van der Waals surface area contributed by atoms with Crippen molar-refractivity contribution in [2.75, 3.05) is 6.54 Å². The molecule has 0 aliphatic rings. The molecule has 5 unspecified atom stereocenters. The van der Waals surface area contributed by atoms with Gasteiger partial charge >= 0.3 is 5.97 Å². The molecule has 0 spiro atoms. The van der Waals surface area contributed by atoms with E-state index in [1.54, 1.807) is 19.1 Å². The van der Waals surface area contributed by atoms with Gasteiger partial charge in [0.25, 0.3) is 0 Å². The van der Waals surface area contributed by atoms with Gasteiger partial charge in [-0.2, -0.15) is 0 Å². The number of rotatable bonds is 15. The highest BCUT2D eigenvalue weighted by Crippen LogP contribution is 2.13. The molecule has 0 aromatic heterocycles. The third kappa shape index (κ3) is 11.2. The van der Waals surface area contributed by atoms with Crippen LogP contribution in [0.3, 0.4) is 0 Å². The van der Waals surface area contributed by atoms with Gasteiger partial charge in [-0.3, -0.25) is 19.4 Å². The molecule has 1 rings (SSSR count). The van der Waals surface area contributed by atoms with E-state index in [2.05, 4.69) is 20.9 Å². The Hall–Kier alpha value is -3.87. The monoisotopic (exact) mass is 521 g/mol. The Labute approximate surface area is 216 Å². The van der Waals surface area contributed by atoms with E-state index in [1.807, 2.05) is 6.92 Å². The molecule has 0 bridgehead atoms. The van der Waals surface area contributed by atoms with Gasteiger partial charge in [0.15, 0.2) is 5.96 Å². The molecule has 1 aromatic carbocycles. The fourth-order valence-electron chi connectivity index (χ4n) is 3.35.